The maximum Gasteiger partial charge on any atom is 0.255 e. The van der Waals surface area contributed by atoms with Crippen LogP contribution in [0.1, 0.15) is 10.4 Å². The Kier molecular flexibility index (Phi) is 5.46. The van der Waals surface area contributed by atoms with Gasteiger partial charge in [0.05, 0.1) is 15.5 Å². The first-order valence-electron chi connectivity index (χ1n) is 8.05. The molecule has 0 spiro atoms. The first kappa shape index (κ1) is 19.0. The van der Waals surface area contributed by atoms with E-state index in [1.165, 1.54) is 18.2 Å². The molecule has 0 unspecified atom stereocenters. The summed E-state index contributed by atoms with van der Waals surface area (Å²) in [4.78, 5) is 16.7. The summed E-state index contributed by atoms with van der Waals surface area (Å²) < 4.78 is 23.5. The second-order valence-corrected chi connectivity index (χ2v) is 9.03. The van der Waals surface area contributed by atoms with Gasteiger partial charge in [0.25, 0.3) is 5.91 Å². The molecular weight excluding hydrogens is 395 g/mol. The van der Waals surface area contributed by atoms with Crippen molar-refractivity contribution in [2.24, 2.45) is 0 Å². The Morgan fingerprint density at radius 2 is 1.69 bits per heavy atom. The molecule has 0 N–H and O–H groups in total. The lowest BCUT2D eigenvalue weighted by Crippen LogP contribution is -2.48. The van der Waals surface area contributed by atoms with Gasteiger partial charge in [-0.15, -0.1) is 0 Å². The Bertz CT molecular complexity index is 939. The molecule has 1 heterocycles. The lowest BCUT2D eigenvalue weighted by atomic mass is 10.1. The van der Waals surface area contributed by atoms with Gasteiger partial charge in [0, 0.05) is 43.1 Å². The van der Waals surface area contributed by atoms with Crippen molar-refractivity contribution < 1.29 is 13.2 Å². The Hall–Kier alpha value is -1.76. The maximum atomic E-state index is 12.8. The summed E-state index contributed by atoms with van der Waals surface area (Å²) in [7, 11) is -3.41. The molecule has 0 aliphatic carbocycles. The molecule has 0 bridgehead atoms. The second kappa shape index (κ2) is 7.47. The van der Waals surface area contributed by atoms with Gasteiger partial charge in [-0.3, -0.25) is 4.79 Å². The largest absolute Gasteiger partial charge is 0.368 e. The van der Waals surface area contributed by atoms with Crippen molar-refractivity contribution in [3.63, 3.8) is 0 Å². The van der Waals surface area contributed by atoms with E-state index in [9.17, 15) is 13.2 Å². The van der Waals surface area contributed by atoms with E-state index in [1.807, 2.05) is 24.3 Å². The van der Waals surface area contributed by atoms with Crippen LogP contribution in [-0.4, -0.2) is 51.7 Å². The molecule has 1 amide bonds. The van der Waals surface area contributed by atoms with Gasteiger partial charge in [0.2, 0.25) is 0 Å². The van der Waals surface area contributed by atoms with E-state index >= 15 is 0 Å². The minimum Gasteiger partial charge on any atom is -0.368 e. The highest BCUT2D eigenvalue weighted by Gasteiger charge is 2.25. The van der Waals surface area contributed by atoms with Crippen LogP contribution in [0.3, 0.4) is 0 Å². The van der Waals surface area contributed by atoms with E-state index in [1.54, 1.807) is 4.90 Å². The summed E-state index contributed by atoms with van der Waals surface area (Å²) in [6, 6.07) is 11.8. The quantitative estimate of drug-likeness (QED) is 0.775. The van der Waals surface area contributed by atoms with Crippen molar-refractivity contribution in [3.8, 4) is 0 Å². The maximum absolute atomic E-state index is 12.8. The molecule has 8 heteroatoms. The molecule has 138 valence electrons. The van der Waals surface area contributed by atoms with Gasteiger partial charge in [-0.2, -0.15) is 0 Å². The number of benzene rings is 2. The topological polar surface area (TPSA) is 57.7 Å². The SMILES string of the molecule is CS(=O)(=O)c1ccc(Cl)c(C(=O)N2CCN(c3cccc(Cl)c3)CC2)c1. The predicted molar refractivity (Wildman–Crippen MR) is 104 cm³/mol. The molecule has 0 saturated carbocycles. The molecule has 0 atom stereocenters. The highest BCUT2D eigenvalue weighted by molar-refractivity contribution is 7.90. The zero-order valence-electron chi connectivity index (χ0n) is 14.2. The summed E-state index contributed by atoms with van der Waals surface area (Å²) in [6.45, 7) is 2.36. The number of hydrogen-bond donors (Lipinski definition) is 0. The van der Waals surface area contributed by atoms with Gasteiger partial charge in [0.1, 0.15) is 0 Å². The van der Waals surface area contributed by atoms with Gasteiger partial charge < -0.3 is 9.80 Å². The van der Waals surface area contributed by atoms with Gasteiger partial charge >= 0.3 is 0 Å². The summed E-state index contributed by atoms with van der Waals surface area (Å²) in [6.07, 6.45) is 1.11. The highest BCUT2D eigenvalue weighted by atomic mass is 35.5. The molecule has 0 radical (unpaired) electrons. The number of nitrogens with zero attached hydrogens (tertiary/aromatic N) is 2. The molecule has 2 aromatic rings. The summed E-state index contributed by atoms with van der Waals surface area (Å²) in [5.41, 5.74) is 1.23. The Morgan fingerprint density at radius 1 is 1.00 bits per heavy atom. The zero-order valence-corrected chi connectivity index (χ0v) is 16.5. The van der Waals surface area contributed by atoms with Crippen LogP contribution in [0.2, 0.25) is 10.0 Å². The van der Waals surface area contributed by atoms with Crippen LogP contribution in [0, 0.1) is 0 Å². The number of piperazine rings is 1. The number of carbonyl (C=O) groups is 1. The number of hydrogen-bond acceptors (Lipinski definition) is 4. The van der Waals surface area contributed by atoms with Gasteiger partial charge in [0.15, 0.2) is 9.84 Å². The summed E-state index contributed by atoms with van der Waals surface area (Å²) in [5, 5.41) is 0.921. The molecule has 1 aliphatic heterocycles. The first-order valence-corrected chi connectivity index (χ1v) is 10.7. The number of sulfone groups is 1. The monoisotopic (exact) mass is 412 g/mol. The van der Waals surface area contributed by atoms with E-state index in [0.717, 1.165) is 11.9 Å². The van der Waals surface area contributed by atoms with Gasteiger partial charge in [-0.1, -0.05) is 29.3 Å². The number of halogens is 2. The molecule has 0 aromatic heterocycles. The number of amides is 1. The Balaban J connectivity index is 1.75. The zero-order chi connectivity index (χ0) is 18.9. The van der Waals surface area contributed by atoms with Crippen LogP contribution < -0.4 is 4.90 Å². The number of anilines is 1. The average Bonchev–Trinajstić information content (AvgIpc) is 2.61. The number of rotatable bonds is 3. The van der Waals surface area contributed by atoms with Crippen LogP contribution in [0.25, 0.3) is 0 Å². The van der Waals surface area contributed by atoms with Gasteiger partial charge in [-0.05, 0) is 36.4 Å². The van der Waals surface area contributed by atoms with Crippen LogP contribution in [0.15, 0.2) is 47.4 Å². The fourth-order valence-electron chi connectivity index (χ4n) is 2.91. The first-order chi connectivity index (χ1) is 12.3. The standard InChI is InChI=1S/C18H18Cl2N2O3S/c1-26(24,25)15-5-6-17(20)16(12-15)18(23)22-9-7-21(8-10-22)14-4-2-3-13(19)11-14/h2-6,11-12H,7-10H2,1H3. The fourth-order valence-corrected chi connectivity index (χ4v) is 3.94. The summed E-state index contributed by atoms with van der Waals surface area (Å²) >= 11 is 12.2. The molecule has 3 rings (SSSR count). The Morgan fingerprint density at radius 3 is 2.31 bits per heavy atom. The van der Waals surface area contributed by atoms with Crippen molar-refractivity contribution in [3.05, 3.63) is 58.1 Å². The third kappa shape index (κ3) is 4.14. The number of carbonyl (C=O) groups excluding carboxylic acids is 1. The van der Waals surface area contributed by atoms with Gasteiger partial charge in [-0.25, -0.2) is 8.42 Å². The third-order valence-corrected chi connectivity index (χ3v) is 6.01. The van der Waals surface area contributed by atoms with E-state index in [4.69, 9.17) is 23.2 Å². The van der Waals surface area contributed by atoms with Crippen LogP contribution in [0.5, 0.6) is 0 Å². The van der Waals surface area contributed by atoms with Crippen molar-refractivity contribution in [1.29, 1.82) is 0 Å². The van der Waals surface area contributed by atoms with Crippen molar-refractivity contribution in [2.45, 2.75) is 4.90 Å². The predicted octanol–water partition coefficient (Wildman–Crippen LogP) is 3.36. The smallest absolute Gasteiger partial charge is 0.255 e. The lowest BCUT2D eigenvalue weighted by molar-refractivity contribution is 0.0746. The minimum atomic E-state index is -3.41. The fraction of sp³-hybridized carbons (Fsp3) is 0.278. The second-order valence-electron chi connectivity index (χ2n) is 6.17. The van der Waals surface area contributed by atoms with E-state index in [0.29, 0.717) is 31.2 Å². The van der Waals surface area contributed by atoms with E-state index < -0.39 is 9.84 Å². The third-order valence-electron chi connectivity index (χ3n) is 4.34. The van der Waals surface area contributed by atoms with E-state index in [2.05, 4.69) is 4.90 Å². The molecule has 1 aliphatic rings. The molecule has 1 saturated heterocycles. The van der Waals surface area contributed by atoms with Crippen molar-refractivity contribution >= 4 is 44.6 Å². The summed E-state index contributed by atoms with van der Waals surface area (Å²) in [5.74, 6) is -0.258. The normalized spacial score (nSPS) is 15.2. The highest BCUT2D eigenvalue weighted by Crippen LogP contribution is 2.24. The minimum absolute atomic E-state index is 0.0859. The van der Waals surface area contributed by atoms with E-state index in [-0.39, 0.29) is 21.4 Å². The van der Waals surface area contributed by atoms with Crippen molar-refractivity contribution in [1.82, 2.24) is 4.90 Å². The average molecular weight is 413 g/mol. The van der Waals surface area contributed by atoms with Crippen LogP contribution in [-0.2, 0) is 9.84 Å². The lowest BCUT2D eigenvalue weighted by Gasteiger charge is -2.36. The molecule has 26 heavy (non-hydrogen) atoms. The van der Waals surface area contributed by atoms with Crippen molar-refractivity contribution in [2.75, 3.05) is 37.3 Å². The molecule has 5 nitrogen and oxygen atoms in total. The van der Waals surface area contributed by atoms with Crippen LogP contribution in [0.4, 0.5) is 5.69 Å². The molecular formula is C18H18Cl2N2O3S. The molecule has 2 aromatic carbocycles. The molecule has 1 fully saturated rings. The Labute approximate surface area is 163 Å². The van der Waals surface area contributed by atoms with Crippen LogP contribution >= 0.6 is 23.2 Å².